The molecule has 2 aromatic rings. The molecule has 4 nitrogen and oxygen atoms in total. The number of carboxylic acids is 1. The molecule has 0 atom stereocenters. The van der Waals surface area contributed by atoms with Crippen LogP contribution in [0.1, 0.15) is 43.1 Å². The zero-order valence-corrected chi connectivity index (χ0v) is 15.1. The Morgan fingerprint density at radius 3 is 2.16 bits per heavy atom. The van der Waals surface area contributed by atoms with Crippen LogP contribution in [0.4, 0.5) is 0 Å². The molecule has 0 saturated carbocycles. The number of hydrogen-bond donors (Lipinski definition) is 1. The lowest BCUT2D eigenvalue weighted by atomic mass is 9.85. The van der Waals surface area contributed by atoms with Crippen molar-refractivity contribution in [2.75, 3.05) is 7.11 Å². The van der Waals surface area contributed by atoms with Gasteiger partial charge in [-0.3, -0.25) is 9.59 Å². The van der Waals surface area contributed by atoms with Gasteiger partial charge in [-0.1, -0.05) is 37.3 Å². The third-order valence-electron chi connectivity index (χ3n) is 4.38. The first kappa shape index (κ1) is 18.7. The van der Waals surface area contributed by atoms with Crippen molar-refractivity contribution in [3.8, 4) is 16.9 Å². The number of ether oxygens (including phenoxy) is 1. The number of carbonyl (C=O) groups excluding carboxylic acids is 1. The van der Waals surface area contributed by atoms with E-state index >= 15 is 0 Å². The van der Waals surface area contributed by atoms with Crippen molar-refractivity contribution >= 4 is 11.8 Å². The zero-order valence-electron chi connectivity index (χ0n) is 15.1. The van der Waals surface area contributed by atoms with E-state index in [0.717, 1.165) is 28.9 Å². The lowest BCUT2D eigenvalue weighted by Gasteiger charge is -2.17. The van der Waals surface area contributed by atoms with Gasteiger partial charge in [0.15, 0.2) is 5.78 Å². The van der Waals surface area contributed by atoms with Crippen LogP contribution in [0.3, 0.4) is 0 Å². The van der Waals surface area contributed by atoms with E-state index in [-0.39, 0.29) is 12.2 Å². The van der Waals surface area contributed by atoms with E-state index in [1.165, 1.54) is 0 Å². The van der Waals surface area contributed by atoms with Crippen molar-refractivity contribution in [2.24, 2.45) is 5.41 Å². The highest BCUT2D eigenvalue weighted by molar-refractivity contribution is 5.99. The summed E-state index contributed by atoms with van der Waals surface area (Å²) >= 11 is 0. The highest BCUT2D eigenvalue weighted by Gasteiger charge is 2.30. The molecule has 0 unspecified atom stereocenters. The van der Waals surface area contributed by atoms with Crippen molar-refractivity contribution in [3.63, 3.8) is 0 Å². The Labute approximate surface area is 148 Å². The smallest absolute Gasteiger partial charge is 0.309 e. The molecule has 0 aliphatic heterocycles. The molecule has 2 rings (SSSR count). The summed E-state index contributed by atoms with van der Waals surface area (Å²) in [5.74, 6) is -0.264. The molecular formula is C21H24O4. The maximum absolute atomic E-state index is 12.3. The summed E-state index contributed by atoms with van der Waals surface area (Å²) in [6, 6.07) is 13.3. The minimum absolute atomic E-state index is 0.0236. The van der Waals surface area contributed by atoms with Crippen molar-refractivity contribution in [1.82, 2.24) is 0 Å². The fourth-order valence-electron chi connectivity index (χ4n) is 2.66. The molecule has 0 saturated heterocycles. The van der Waals surface area contributed by atoms with Crippen LogP contribution < -0.4 is 4.74 Å². The van der Waals surface area contributed by atoms with Crippen molar-refractivity contribution in [2.45, 2.75) is 33.6 Å². The van der Waals surface area contributed by atoms with Crippen LogP contribution >= 0.6 is 0 Å². The minimum Gasteiger partial charge on any atom is -0.496 e. The second kappa shape index (κ2) is 7.51. The molecule has 0 aromatic heterocycles. The maximum Gasteiger partial charge on any atom is 0.309 e. The van der Waals surface area contributed by atoms with Gasteiger partial charge in [-0.2, -0.15) is 0 Å². The average molecular weight is 340 g/mol. The van der Waals surface area contributed by atoms with E-state index in [9.17, 15) is 9.59 Å². The molecule has 4 heteroatoms. The zero-order chi connectivity index (χ0) is 18.6. The molecule has 0 radical (unpaired) electrons. The minimum atomic E-state index is -1.07. The summed E-state index contributed by atoms with van der Waals surface area (Å²) in [4.78, 5) is 23.5. The topological polar surface area (TPSA) is 63.6 Å². The van der Waals surface area contributed by atoms with Gasteiger partial charge >= 0.3 is 5.97 Å². The number of aryl methyl sites for hydroxylation is 1. The van der Waals surface area contributed by atoms with Crippen LogP contribution in [0.25, 0.3) is 11.1 Å². The number of benzene rings is 2. The molecule has 2 aromatic carbocycles. The lowest BCUT2D eigenvalue weighted by Crippen LogP contribution is -2.26. The van der Waals surface area contributed by atoms with E-state index in [0.29, 0.717) is 5.56 Å². The molecule has 0 bridgehead atoms. The van der Waals surface area contributed by atoms with Gasteiger partial charge in [-0.15, -0.1) is 0 Å². The Hall–Kier alpha value is -2.62. The largest absolute Gasteiger partial charge is 0.496 e. The Morgan fingerprint density at radius 1 is 1.04 bits per heavy atom. The summed E-state index contributed by atoms with van der Waals surface area (Å²) in [5, 5.41) is 9.16. The van der Waals surface area contributed by atoms with Gasteiger partial charge in [-0.25, -0.2) is 0 Å². The Morgan fingerprint density at radius 2 is 1.64 bits per heavy atom. The fourth-order valence-corrected chi connectivity index (χ4v) is 2.66. The molecule has 0 heterocycles. The number of rotatable bonds is 7. The van der Waals surface area contributed by atoms with E-state index in [4.69, 9.17) is 9.84 Å². The number of carbonyl (C=O) groups is 2. The highest BCUT2D eigenvalue weighted by Crippen LogP contribution is 2.28. The van der Waals surface area contributed by atoms with Crippen molar-refractivity contribution in [3.05, 3.63) is 53.6 Å². The Bertz CT molecular complexity index is 773. The Kier molecular flexibility index (Phi) is 5.62. The van der Waals surface area contributed by atoms with Gasteiger partial charge in [0.25, 0.3) is 0 Å². The SMILES string of the molecule is CCc1cc(-c2ccc(C(=O)CC(C)(C)C(=O)O)cc2)ccc1OC. The fraction of sp³-hybridized carbons (Fsp3) is 0.333. The van der Waals surface area contributed by atoms with Crippen LogP contribution in [-0.4, -0.2) is 24.0 Å². The monoisotopic (exact) mass is 340 g/mol. The van der Waals surface area contributed by atoms with Gasteiger partial charge in [-0.05, 0) is 49.1 Å². The molecule has 0 aliphatic carbocycles. The van der Waals surface area contributed by atoms with Gasteiger partial charge < -0.3 is 9.84 Å². The first-order chi connectivity index (χ1) is 11.8. The van der Waals surface area contributed by atoms with Crippen molar-refractivity contribution in [1.29, 1.82) is 0 Å². The number of carboxylic acid groups (broad SMARTS) is 1. The lowest BCUT2D eigenvalue weighted by molar-refractivity contribution is -0.146. The van der Waals surface area contributed by atoms with Crippen LogP contribution in [0, 0.1) is 5.41 Å². The average Bonchev–Trinajstić information content (AvgIpc) is 2.60. The predicted molar refractivity (Wildman–Crippen MR) is 98.2 cm³/mol. The molecule has 25 heavy (non-hydrogen) atoms. The quantitative estimate of drug-likeness (QED) is 0.748. The number of aliphatic carboxylic acids is 1. The molecular weight excluding hydrogens is 316 g/mol. The first-order valence-electron chi connectivity index (χ1n) is 8.32. The van der Waals surface area contributed by atoms with Gasteiger partial charge in [0, 0.05) is 12.0 Å². The normalized spacial score (nSPS) is 11.2. The molecule has 132 valence electrons. The van der Waals surface area contributed by atoms with Gasteiger partial charge in [0.05, 0.1) is 12.5 Å². The first-order valence-corrected chi connectivity index (χ1v) is 8.32. The van der Waals surface area contributed by atoms with Crippen LogP contribution in [0.2, 0.25) is 0 Å². The number of hydrogen-bond acceptors (Lipinski definition) is 3. The third-order valence-corrected chi connectivity index (χ3v) is 4.38. The molecule has 0 fully saturated rings. The maximum atomic E-state index is 12.3. The summed E-state index contributed by atoms with van der Waals surface area (Å²) in [6.45, 7) is 5.20. The van der Waals surface area contributed by atoms with E-state index in [1.807, 2.05) is 24.3 Å². The van der Waals surface area contributed by atoms with Gasteiger partial charge in [0.1, 0.15) is 5.75 Å². The molecule has 0 aliphatic rings. The van der Waals surface area contributed by atoms with Gasteiger partial charge in [0.2, 0.25) is 0 Å². The Balaban J connectivity index is 2.23. The van der Waals surface area contributed by atoms with E-state index in [2.05, 4.69) is 13.0 Å². The summed E-state index contributed by atoms with van der Waals surface area (Å²) in [5.41, 5.74) is 2.65. The summed E-state index contributed by atoms with van der Waals surface area (Å²) in [6.07, 6.45) is 0.849. The third kappa shape index (κ3) is 4.27. The van der Waals surface area contributed by atoms with E-state index < -0.39 is 11.4 Å². The van der Waals surface area contributed by atoms with Crippen LogP contribution in [-0.2, 0) is 11.2 Å². The molecule has 0 amide bonds. The van der Waals surface area contributed by atoms with Crippen LogP contribution in [0.15, 0.2) is 42.5 Å². The summed E-state index contributed by atoms with van der Waals surface area (Å²) < 4.78 is 5.35. The second-order valence-electron chi connectivity index (χ2n) is 6.75. The van der Waals surface area contributed by atoms with Crippen LogP contribution in [0.5, 0.6) is 5.75 Å². The second-order valence-corrected chi connectivity index (χ2v) is 6.75. The highest BCUT2D eigenvalue weighted by atomic mass is 16.5. The molecule has 1 N–H and O–H groups in total. The number of ketones is 1. The van der Waals surface area contributed by atoms with E-state index in [1.54, 1.807) is 33.1 Å². The number of methoxy groups -OCH3 is 1. The van der Waals surface area contributed by atoms with Crippen molar-refractivity contribution < 1.29 is 19.4 Å². The predicted octanol–water partition coefficient (Wildman–Crippen LogP) is 4.61. The molecule has 0 spiro atoms. The standard InChI is InChI=1S/C21H24O4/c1-5-14-12-17(10-11-19(14)25-4)15-6-8-16(9-7-15)18(22)13-21(2,3)20(23)24/h6-12H,5,13H2,1-4H3,(H,23,24). The number of Topliss-reactive ketones (excluding diaryl/α,β-unsaturated/α-hetero) is 1. The summed E-state index contributed by atoms with van der Waals surface area (Å²) in [7, 11) is 1.66.